The lowest BCUT2D eigenvalue weighted by Gasteiger charge is -2.32. The van der Waals surface area contributed by atoms with E-state index in [1.54, 1.807) is 0 Å². The molecule has 0 aromatic carbocycles. The van der Waals surface area contributed by atoms with Gasteiger partial charge in [-0.15, -0.1) is 0 Å². The molecule has 0 radical (unpaired) electrons. The number of allylic oxidation sites excluding steroid dienone is 1. The van der Waals surface area contributed by atoms with Gasteiger partial charge in [0.25, 0.3) is 0 Å². The second-order valence-electron chi connectivity index (χ2n) is 9.71. The smallest absolute Gasteiger partial charge is 0.00142 e. The van der Waals surface area contributed by atoms with Crippen LogP contribution in [0.5, 0.6) is 0 Å². The second-order valence-corrected chi connectivity index (χ2v) is 9.71. The molecule has 1 N–H and O–H groups in total. The van der Waals surface area contributed by atoms with Crippen LogP contribution in [-0.4, -0.2) is 13.1 Å². The van der Waals surface area contributed by atoms with Crippen molar-refractivity contribution in [3.05, 3.63) is 12.2 Å². The molecule has 0 fully saturated rings. The monoisotopic (exact) mass is 323 g/mol. The van der Waals surface area contributed by atoms with Crippen molar-refractivity contribution >= 4 is 0 Å². The quantitative estimate of drug-likeness (QED) is 0.285. The van der Waals surface area contributed by atoms with E-state index in [0.717, 1.165) is 19.0 Å². The van der Waals surface area contributed by atoms with Crippen LogP contribution in [-0.2, 0) is 0 Å². The molecule has 23 heavy (non-hydrogen) atoms. The van der Waals surface area contributed by atoms with Crippen LogP contribution in [0.1, 0.15) is 99.8 Å². The minimum atomic E-state index is 0.457. The third kappa shape index (κ3) is 17.9. The van der Waals surface area contributed by atoms with Gasteiger partial charge in [-0.1, -0.05) is 79.9 Å². The van der Waals surface area contributed by atoms with Crippen LogP contribution < -0.4 is 5.32 Å². The molecule has 0 aliphatic rings. The van der Waals surface area contributed by atoms with Crippen molar-refractivity contribution < 1.29 is 0 Å². The summed E-state index contributed by atoms with van der Waals surface area (Å²) < 4.78 is 0. The van der Waals surface area contributed by atoms with E-state index in [-0.39, 0.29) is 0 Å². The zero-order chi connectivity index (χ0) is 17.8. The number of rotatable bonds is 13. The number of hydrogen-bond donors (Lipinski definition) is 1. The Labute approximate surface area is 147 Å². The minimum Gasteiger partial charge on any atom is -0.316 e. The maximum Gasteiger partial charge on any atom is -0.00142 e. The molecule has 0 saturated carbocycles. The molecule has 0 spiro atoms. The molecule has 138 valence electrons. The second kappa shape index (κ2) is 12.1. The Balaban J connectivity index is 3.46. The highest BCUT2D eigenvalue weighted by molar-refractivity contribution is 4.82. The summed E-state index contributed by atoms with van der Waals surface area (Å²) >= 11 is 0. The van der Waals surface area contributed by atoms with E-state index in [2.05, 4.69) is 65.9 Å². The minimum absolute atomic E-state index is 0.457. The molecule has 0 unspecified atom stereocenters. The standard InChI is InChI=1S/C22H45N/c1-20(2)18-23-17-15-13-11-9-8-10-12-14-16-22(6,7)19-21(3,4)5/h11,13,20,23H,8-10,12,14-19H2,1-7H3/b13-11+. The van der Waals surface area contributed by atoms with Gasteiger partial charge in [-0.25, -0.2) is 0 Å². The first-order chi connectivity index (χ1) is 10.6. The average molecular weight is 324 g/mol. The van der Waals surface area contributed by atoms with E-state index in [0.29, 0.717) is 10.8 Å². The third-order valence-electron chi connectivity index (χ3n) is 4.19. The molecular weight excluding hydrogens is 278 g/mol. The van der Waals surface area contributed by atoms with Crippen molar-refractivity contribution in [1.29, 1.82) is 0 Å². The average Bonchev–Trinajstić information content (AvgIpc) is 2.36. The lowest BCUT2D eigenvalue weighted by Crippen LogP contribution is -2.20. The zero-order valence-electron chi connectivity index (χ0n) is 17.3. The van der Waals surface area contributed by atoms with Gasteiger partial charge in [0.05, 0.1) is 0 Å². The van der Waals surface area contributed by atoms with Crippen LogP contribution in [0.15, 0.2) is 12.2 Å². The molecule has 0 saturated heterocycles. The summed E-state index contributed by atoms with van der Waals surface area (Å²) in [5.41, 5.74) is 0.958. The molecule has 0 aromatic rings. The first-order valence-corrected chi connectivity index (χ1v) is 9.98. The Hall–Kier alpha value is -0.300. The maximum atomic E-state index is 3.48. The highest BCUT2D eigenvalue weighted by Crippen LogP contribution is 2.37. The molecule has 0 atom stereocenters. The predicted octanol–water partition coefficient (Wildman–Crippen LogP) is 6.98. The van der Waals surface area contributed by atoms with E-state index >= 15 is 0 Å². The lowest BCUT2D eigenvalue weighted by atomic mass is 9.73. The molecule has 0 aliphatic carbocycles. The first kappa shape index (κ1) is 22.7. The van der Waals surface area contributed by atoms with Crippen molar-refractivity contribution in [2.75, 3.05) is 13.1 Å². The molecule has 0 heterocycles. The number of hydrogen-bond acceptors (Lipinski definition) is 1. The summed E-state index contributed by atoms with van der Waals surface area (Å²) in [6.45, 7) is 18.7. The van der Waals surface area contributed by atoms with E-state index < -0.39 is 0 Å². The van der Waals surface area contributed by atoms with Crippen LogP contribution in [0.3, 0.4) is 0 Å². The largest absolute Gasteiger partial charge is 0.316 e. The fourth-order valence-corrected chi connectivity index (χ4v) is 3.56. The van der Waals surface area contributed by atoms with Crippen molar-refractivity contribution in [1.82, 2.24) is 5.32 Å². The Kier molecular flexibility index (Phi) is 12.0. The predicted molar refractivity (Wildman–Crippen MR) is 107 cm³/mol. The van der Waals surface area contributed by atoms with Crippen LogP contribution >= 0.6 is 0 Å². The number of nitrogens with one attached hydrogen (secondary N) is 1. The summed E-state index contributed by atoms with van der Waals surface area (Å²) in [5, 5.41) is 3.48. The van der Waals surface area contributed by atoms with Crippen LogP contribution in [0.25, 0.3) is 0 Å². The van der Waals surface area contributed by atoms with E-state index in [1.807, 2.05) is 0 Å². The Morgan fingerprint density at radius 1 is 0.826 bits per heavy atom. The summed E-state index contributed by atoms with van der Waals surface area (Å²) in [6, 6.07) is 0. The van der Waals surface area contributed by atoms with Crippen molar-refractivity contribution in [2.24, 2.45) is 16.7 Å². The van der Waals surface area contributed by atoms with Crippen LogP contribution in [0.4, 0.5) is 0 Å². The van der Waals surface area contributed by atoms with Gasteiger partial charge in [-0.2, -0.15) is 0 Å². The van der Waals surface area contributed by atoms with E-state index in [9.17, 15) is 0 Å². The summed E-state index contributed by atoms with van der Waals surface area (Å²) in [5.74, 6) is 0.757. The first-order valence-electron chi connectivity index (χ1n) is 9.98. The van der Waals surface area contributed by atoms with Gasteiger partial charge in [0.2, 0.25) is 0 Å². The Morgan fingerprint density at radius 3 is 2.04 bits per heavy atom. The third-order valence-corrected chi connectivity index (χ3v) is 4.19. The van der Waals surface area contributed by atoms with Gasteiger partial charge in [0.1, 0.15) is 0 Å². The molecule has 1 nitrogen and oxygen atoms in total. The van der Waals surface area contributed by atoms with E-state index in [1.165, 1.54) is 51.4 Å². The van der Waals surface area contributed by atoms with Crippen LogP contribution in [0.2, 0.25) is 0 Å². The summed E-state index contributed by atoms with van der Waals surface area (Å²) in [7, 11) is 0. The van der Waals surface area contributed by atoms with Gasteiger partial charge >= 0.3 is 0 Å². The van der Waals surface area contributed by atoms with Crippen molar-refractivity contribution in [3.8, 4) is 0 Å². The molecule has 0 amide bonds. The Bertz CT molecular complexity index is 294. The Morgan fingerprint density at radius 2 is 1.43 bits per heavy atom. The van der Waals surface area contributed by atoms with Gasteiger partial charge in [-0.05, 0) is 61.9 Å². The molecule has 0 aromatic heterocycles. The van der Waals surface area contributed by atoms with Gasteiger partial charge < -0.3 is 5.32 Å². The molecule has 0 bridgehead atoms. The highest BCUT2D eigenvalue weighted by Gasteiger charge is 2.24. The zero-order valence-corrected chi connectivity index (χ0v) is 17.3. The topological polar surface area (TPSA) is 12.0 Å². The fraction of sp³-hybridized carbons (Fsp3) is 0.909. The van der Waals surface area contributed by atoms with Crippen molar-refractivity contribution in [3.63, 3.8) is 0 Å². The fourth-order valence-electron chi connectivity index (χ4n) is 3.56. The van der Waals surface area contributed by atoms with E-state index in [4.69, 9.17) is 0 Å². The maximum absolute atomic E-state index is 3.48. The lowest BCUT2D eigenvalue weighted by molar-refractivity contribution is 0.194. The van der Waals surface area contributed by atoms with Crippen LogP contribution in [0, 0.1) is 16.7 Å². The molecule has 0 rings (SSSR count). The molecule has 1 heteroatoms. The summed E-state index contributed by atoms with van der Waals surface area (Å²) in [4.78, 5) is 0. The highest BCUT2D eigenvalue weighted by atomic mass is 14.8. The number of unbranched alkanes of at least 4 members (excludes halogenated alkanes) is 4. The van der Waals surface area contributed by atoms with Gasteiger partial charge in [0, 0.05) is 0 Å². The SMILES string of the molecule is CC(C)CNCC/C=C/CCCCCCC(C)(C)CC(C)(C)C. The molecule has 0 aliphatic heterocycles. The molecular formula is C22H45N. The van der Waals surface area contributed by atoms with Gasteiger partial charge in [0.15, 0.2) is 0 Å². The summed E-state index contributed by atoms with van der Waals surface area (Å²) in [6.07, 6.45) is 15.4. The van der Waals surface area contributed by atoms with Gasteiger partial charge in [-0.3, -0.25) is 0 Å². The van der Waals surface area contributed by atoms with Crippen molar-refractivity contribution in [2.45, 2.75) is 99.8 Å². The normalized spacial score (nSPS) is 13.4.